The first-order valence-electron chi connectivity index (χ1n) is 8.34. The molecule has 0 spiro atoms. The molecule has 0 fully saturated rings. The fourth-order valence-electron chi connectivity index (χ4n) is 2.22. The van der Waals surface area contributed by atoms with Crippen molar-refractivity contribution < 1.29 is 14.2 Å². The van der Waals surface area contributed by atoms with Crippen molar-refractivity contribution in [2.45, 2.75) is 10.9 Å². The van der Waals surface area contributed by atoms with Crippen LogP contribution in [-0.4, -0.2) is 41.5 Å². The summed E-state index contributed by atoms with van der Waals surface area (Å²) in [7, 11) is 4.25. The molecule has 2 N–H and O–H groups in total. The first-order chi connectivity index (χ1) is 13.0. The van der Waals surface area contributed by atoms with Crippen LogP contribution in [-0.2, 0) is 6.54 Å². The van der Waals surface area contributed by atoms with Gasteiger partial charge in [-0.2, -0.15) is 0 Å². The zero-order valence-electron chi connectivity index (χ0n) is 15.0. The van der Waals surface area contributed by atoms with Crippen molar-refractivity contribution in [2.24, 2.45) is 0 Å². The van der Waals surface area contributed by atoms with Crippen LogP contribution in [0.4, 0.5) is 10.8 Å². The molecule has 0 amide bonds. The fraction of sp³-hybridized carbons (Fsp3) is 0.294. The van der Waals surface area contributed by atoms with Gasteiger partial charge in [0.15, 0.2) is 4.34 Å². The molecule has 0 bridgehead atoms. The highest BCUT2D eigenvalue weighted by atomic mass is 32.2. The van der Waals surface area contributed by atoms with Crippen molar-refractivity contribution >= 4 is 33.9 Å². The Morgan fingerprint density at radius 3 is 2.70 bits per heavy atom. The number of thioether (sulfide) groups is 1. The molecular weight excluding hydrogens is 386 g/mol. The van der Waals surface area contributed by atoms with E-state index in [4.69, 9.17) is 4.42 Å². The van der Waals surface area contributed by atoms with Crippen molar-refractivity contribution in [3.63, 3.8) is 0 Å². The van der Waals surface area contributed by atoms with Crippen LogP contribution in [0.2, 0.25) is 0 Å². The number of benzene rings is 1. The van der Waals surface area contributed by atoms with Crippen molar-refractivity contribution in [3.05, 3.63) is 52.3 Å². The molecule has 2 aromatic heterocycles. The number of aromatic nitrogens is 2. The molecule has 0 unspecified atom stereocenters. The largest absolute Gasteiger partial charge is 0.459 e. The molecular formula is C17H20N5O3S2+. The molecule has 10 heteroatoms. The van der Waals surface area contributed by atoms with Gasteiger partial charge in [0.05, 0.1) is 32.1 Å². The molecule has 27 heavy (non-hydrogen) atoms. The number of furan rings is 1. The smallest absolute Gasteiger partial charge is 0.269 e. The van der Waals surface area contributed by atoms with Gasteiger partial charge in [-0.1, -0.05) is 23.1 Å². The molecule has 0 aliphatic rings. The maximum Gasteiger partial charge on any atom is 0.269 e. The molecule has 142 valence electrons. The minimum absolute atomic E-state index is 0.0594. The number of anilines is 1. The predicted octanol–water partition coefficient (Wildman–Crippen LogP) is 2.56. The number of rotatable bonds is 9. The van der Waals surface area contributed by atoms with Crippen LogP contribution < -0.4 is 10.2 Å². The molecule has 0 aliphatic carbocycles. The lowest BCUT2D eigenvalue weighted by molar-refractivity contribution is -0.855. The van der Waals surface area contributed by atoms with Gasteiger partial charge in [-0.25, -0.2) is 0 Å². The number of hydrogen-bond donors (Lipinski definition) is 2. The molecule has 3 rings (SSSR count). The quantitative estimate of drug-likeness (QED) is 0.320. The average molecular weight is 407 g/mol. The molecule has 2 heterocycles. The lowest BCUT2D eigenvalue weighted by atomic mass is 10.1. The summed E-state index contributed by atoms with van der Waals surface area (Å²) in [5, 5.41) is 23.0. The van der Waals surface area contributed by atoms with Gasteiger partial charge in [0.2, 0.25) is 5.13 Å². The van der Waals surface area contributed by atoms with Gasteiger partial charge in [0.1, 0.15) is 11.5 Å². The second-order valence-electron chi connectivity index (χ2n) is 6.10. The van der Waals surface area contributed by atoms with Crippen LogP contribution >= 0.6 is 23.1 Å². The summed E-state index contributed by atoms with van der Waals surface area (Å²) in [6, 6.07) is 10.0. The zero-order valence-corrected chi connectivity index (χ0v) is 16.6. The highest BCUT2D eigenvalue weighted by Gasteiger charge is 2.10. The summed E-state index contributed by atoms with van der Waals surface area (Å²) in [5.74, 6) is 2.43. The lowest BCUT2D eigenvalue weighted by Gasteiger charge is -2.04. The molecule has 0 radical (unpaired) electrons. The summed E-state index contributed by atoms with van der Waals surface area (Å²) >= 11 is 3.23. The van der Waals surface area contributed by atoms with E-state index >= 15 is 0 Å². The minimum Gasteiger partial charge on any atom is -0.459 e. The Labute approximate surface area is 164 Å². The molecule has 8 nitrogen and oxygen atoms in total. The van der Waals surface area contributed by atoms with Crippen molar-refractivity contribution in [3.8, 4) is 11.3 Å². The maximum atomic E-state index is 10.7. The van der Waals surface area contributed by atoms with Crippen molar-refractivity contribution in [1.82, 2.24) is 10.2 Å². The zero-order chi connectivity index (χ0) is 19.2. The third-order valence-electron chi connectivity index (χ3n) is 3.67. The Balaban J connectivity index is 1.54. The monoisotopic (exact) mass is 406 g/mol. The van der Waals surface area contributed by atoms with E-state index in [1.807, 2.05) is 12.1 Å². The predicted molar refractivity (Wildman–Crippen MR) is 106 cm³/mol. The average Bonchev–Trinajstić information content (AvgIpc) is 3.29. The number of nitro groups is 1. The van der Waals surface area contributed by atoms with Gasteiger partial charge >= 0.3 is 0 Å². The Morgan fingerprint density at radius 2 is 2.00 bits per heavy atom. The SMILES string of the molecule is C[NH+](C)CCSc1nnc(NCc2ccc(-c3ccc([N+](=O)[O-])cc3)o2)s1. The van der Waals surface area contributed by atoms with E-state index < -0.39 is 4.92 Å². The topological polar surface area (TPSA) is 98.5 Å². The highest BCUT2D eigenvalue weighted by Crippen LogP contribution is 2.27. The van der Waals surface area contributed by atoms with Crippen molar-refractivity contribution in [2.75, 3.05) is 31.7 Å². The van der Waals surface area contributed by atoms with Gasteiger partial charge in [-0.15, -0.1) is 10.2 Å². The Bertz CT molecular complexity index is 892. The van der Waals surface area contributed by atoms with E-state index in [0.29, 0.717) is 12.3 Å². The summed E-state index contributed by atoms with van der Waals surface area (Å²) in [6.45, 7) is 1.57. The van der Waals surface area contributed by atoms with Gasteiger partial charge in [-0.3, -0.25) is 10.1 Å². The Hall–Kier alpha value is -2.43. The highest BCUT2D eigenvalue weighted by molar-refractivity contribution is 8.01. The fourth-order valence-corrected chi connectivity index (χ4v) is 4.20. The minimum atomic E-state index is -0.419. The van der Waals surface area contributed by atoms with E-state index in [-0.39, 0.29) is 5.69 Å². The molecule has 0 aliphatic heterocycles. The van der Waals surface area contributed by atoms with Gasteiger partial charge in [-0.05, 0) is 24.3 Å². The maximum absolute atomic E-state index is 10.7. The second kappa shape index (κ2) is 8.98. The summed E-state index contributed by atoms with van der Waals surface area (Å²) in [4.78, 5) is 11.7. The van der Waals surface area contributed by atoms with Crippen molar-refractivity contribution in [1.29, 1.82) is 0 Å². The number of hydrogen-bond acceptors (Lipinski definition) is 8. The Morgan fingerprint density at radius 1 is 1.22 bits per heavy atom. The van der Waals surface area contributed by atoms with E-state index in [1.54, 1.807) is 23.9 Å². The number of non-ortho nitro benzene ring substituents is 1. The molecule has 0 saturated heterocycles. The summed E-state index contributed by atoms with van der Waals surface area (Å²) < 4.78 is 6.75. The Kier molecular flexibility index (Phi) is 6.43. The van der Waals surface area contributed by atoms with E-state index in [1.165, 1.54) is 28.4 Å². The number of nitrogens with zero attached hydrogens (tertiary/aromatic N) is 3. The number of quaternary nitrogens is 1. The van der Waals surface area contributed by atoms with E-state index in [0.717, 1.165) is 33.1 Å². The molecule has 0 saturated carbocycles. The first-order valence-corrected chi connectivity index (χ1v) is 10.1. The third-order valence-corrected chi connectivity index (χ3v) is 5.69. The van der Waals surface area contributed by atoms with Gasteiger partial charge in [0.25, 0.3) is 5.69 Å². The number of nitrogens with one attached hydrogen (secondary N) is 2. The normalized spacial score (nSPS) is 11.1. The number of nitro benzene ring substituents is 1. The summed E-state index contributed by atoms with van der Waals surface area (Å²) in [5.41, 5.74) is 0.855. The van der Waals surface area contributed by atoms with Crippen LogP contribution in [0.25, 0.3) is 11.3 Å². The van der Waals surface area contributed by atoms with Gasteiger partial charge in [0, 0.05) is 23.4 Å². The second-order valence-corrected chi connectivity index (χ2v) is 8.42. The van der Waals surface area contributed by atoms with Crippen LogP contribution in [0.3, 0.4) is 0 Å². The first kappa shape index (κ1) is 19.3. The van der Waals surface area contributed by atoms with Gasteiger partial charge < -0.3 is 14.6 Å². The van der Waals surface area contributed by atoms with E-state index in [2.05, 4.69) is 29.6 Å². The van der Waals surface area contributed by atoms with Crippen LogP contribution in [0.1, 0.15) is 5.76 Å². The molecule has 0 atom stereocenters. The molecule has 3 aromatic rings. The van der Waals surface area contributed by atoms with Crippen LogP contribution in [0, 0.1) is 10.1 Å². The van der Waals surface area contributed by atoms with Crippen LogP contribution in [0.15, 0.2) is 45.2 Å². The van der Waals surface area contributed by atoms with Crippen LogP contribution in [0.5, 0.6) is 0 Å². The lowest BCUT2D eigenvalue weighted by Crippen LogP contribution is -3.06. The third kappa shape index (κ3) is 5.52. The van der Waals surface area contributed by atoms with E-state index in [9.17, 15) is 10.1 Å². The summed E-state index contributed by atoms with van der Waals surface area (Å²) in [6.07, 6.45) is 0. The molecule has 1 aromatic carbocycles. The standard InChI is InChI=1S/C17H19N5O3S2/c1-21(2)9-10-26-17-20-19-16(27-17)18-11-14-7-8-15(25-14)12-3-5-13(6-4-12)22(23)24/h3-8H,9-11H2,1-2H3,(H,18,19)/p+1.